The number of aromatic amines is 1. The van der Waals surface area contributed by atoms with Gasteiger partial charge in [-0.25, -0.2) is 8.78 Å². The SMILES string of the molecule is O=C(NNC(=O)c1cc(F)c(F)cc1Cl)c1cc(-c2ccccc2)n[nH]1. The second kappa shape index (κ2) is 7.32. The van der Waals surface area contributed by atoms with Crippen molar-refractivity contribution in [2.45, 2.75) is 0 Å². The third-order valence-corrected chi connectivity index (χ3v) is 3.75. The van der Waals surface area contributed by atoms with Crippen molar-refractivity contribution >= 4 is 23.4 Å². The van der Waals surface area contributed by atoms with Gasteiger partial charge in [0.15, 0.2) is 11.6 Å². The normalized spacial score (nSPS) is 10.4. The maximum atomic E-state index is 13.2. The summed E-state index contributed by atoms with van der Waals surface area (Å²) in [7, 11) is 0. The van der Waals surface area contributed by atoms with E-state index in [1.54, 1.807) is 0 Å². The molecule has 2 aromatic carbocycles. The van der Waals surface area contributed by atoms with Crippen molar-refractivity contribution in [1.82, 2.24) is 21.0 Å². The molecule has 0 fully saturated rings. The van der Waals surface area contributed by atoms with Crippen LogP contribution in [0.1, 0.15) is 20.8 Å². The Morgan fingerprint density at radius 2 is 1.62 bits per heavy atom. The zero-order valence-electron chi connectivity index (χ0n) is 13.0. The highest BCUT2D eigenvalue weighted by Gasteiger charge is 2.17. The van der Waals surface area contributed by atoms with Crippen LogP contribution in [0, 0.1) is 11.6 Å². The fourth-order valence-corrected chi connectivity index (χ4v) is 2.38. The Kier molecular flexibility index (Phi) is 4.94. The standard InChI is InChI=1S/C17H11ClF2N4O2/c18-11-7-13(20)12(19)6-10(11)16(25)23-24-17(26)15-8-14(21-22-15)9-4-2-1-3-5-9/h1-8H,(H,21,22)(H,23,25)(H,24,26). The fourth-order valence-electron chi connectivity index (χ4n) is 2.14. The second-order valence-electron chi connectivity index (χ2n) is 5.19. The van der Waals surface area contributed by atoms with Gasteiger partial charge in [0.1, 0.15) is 5.69 Å². The van der Waals surface area contributed by atoms with Crippen LogP contribution >= 0.6 is 11.6 Å². The van der Waals surface area contributed by atoms with Gasteiger partial charge < -0.3 is 0 Å². The number of carbonyl (C=O) groups is 2. The lowest BCUT2D eigenvalue weighted by Crippen LogP contribution is -2.42. The van der Waals surface area contributed by atoms with E-state index in [0.717, 1.165) is 5.56 Å². The third-order valence-electron chi connectivity index (χ3n) is 3.44. The highest BCUT2D eigenvalue weighted by molar-refractivity contribution is 6.33. The molecule has 0 saturated carbocycles. The summed E-state index contributed by atoms with van der Waals surface area (Å²) >= 11 is 5.70. The summed E-state index contributed by atoms with van der Waals surface area (Å²) in [6.07, 6.45) is 0. The first kappa shape index (κ1) is 17.6. The van der Waals surface area contributed by atoms with Crippen molar-refractivity contribution in [2.75, 3.05) is 0 Å². The highest BCUT2D eigenvalue weighted by atomic mass is 35.5. The Bertz CT molecular complexity index is 976. The molecule has 26 heavy (non-hydrogen) atoms. The van der Waals surface area contributed by atoms with E-state index in [9.17, 15) is 18.4 Å². The molecule has 0 aliphatic heterocycles. The fraction of sp³-hybridized carbons (Fsp3) is 0. The minimum absolute atomic E-state index is 0.0977. The molecular weight excluding hydrogens is 366 g/mol. The number of nitrogens with one attached hydrogen (secondary N) is 3. The molecule has 0 aliphatic carbocycles. The van der Waals surface area contributed by atoms with E-state index in [0.29, 0.717) is 17.8 Å². The smallest absolute Gasteiger partial charge is 0.272 e. The summed E-state index contributed by atoms with van der Waals surface area (Å²) in [6.45, 7) is 0. The second-order valence-corrected chi connectivity index (χ2v) is 5.59. The van der Waals surface area contributed by atoms with Gasteiger partial charge in [-0.1, -0.05) is 41.9 Å². The number of hydrogen-bond donors (Lipinski definition) is 3. The molecule has 3 N–H and O–H groups in total. The molecule has 1 aromatic heterocycles. The number of benzene rings is 2. The number of aromatic nitrogens is 2. The van der Waals surface area contributed by atoms with Crippen molar-refractivity contribution in [1.29, 1.82) is 0 Å². The van der Waals surface area contributed by atoms with E-state index in [4.69, 9.17) is 11.6 Å². The molecule has 0 atom stereocenters. The van der Waals surface area contributed by atoms with E-state index >= 15 is 0 Å². The van der Waals surface area contributed by atoms with Crippen LogP contribution in [0.25, 0.3) is 11.3 Å². The molecule has 2 amide bonds. The van der Waals surface area contributed by atoms with Crippen molar-refractivity contribution in [3.63, 3.8) is 0 Å². The van der Waals surface area contributed by atoms with Gasteiger partial charge in [0.25, 0.3) is 11.8 Å². The first-order valence-corrected chi connectivity index (χ1v) is 7.69. The van der Waals surface area contributed by atoms with Gasteiger partial charge in [-0.15, -0.1) is 0 Å². The number of halogens is 3. The third kappa shape index (κ3) is 3.70. The molecule has 0 radical (unpaired) electrons. The Balaban J connectivity index is 1.67. The van der Waals surface area contributed by atoms with Crippen LogP contribution in [0.2, 0.25) is 5.02 Å². The molecule has 0 spiro atoms. The van der Waals surface area contributed by atoms with Crippen LogP contribution in [-0.2, 0) is 0 Å². The van der Waals surface area contributed by atoms with Crippen LogP contribution < -0.4 is 10.9 Å². The lowest BCUT2D eigenvalue weighted by molar-refractivity contribution is 0.0843. The predicted molar refractivity (Wildman–Crippen MR) is 90.3 cm³/mol. The Hall–Kier alpha value is -3.26. The summed E-state index contributed by atoms with van der Waals surface area (Å²) in [6, 6.07) is 12.0. The minimum atomic E-state index is -1.23. The van der Waals surface area contributed by atoms with E-state index in [2.05, 4.69) is 21.0 Å². The Labute approximate surface area is 151 Å². The van der Waals surface area contributed by atoms with Crippen molar-refractivity contribution in [3.8, 4) is 11.3 Å². The van der Waals surface area contributed by atoms with E-state index in [1.165, 1.54) is 6.07 Å². The van der Waals surface area contributed by atoms with Gasteiger partial charge in [0.05, 0.1) is 16.3 Å². The Morgan fingerprint density at radius 1 is 0.962 bits per heavy atom. The number of carbonyl (C=O) groups excluding carboxylic acids is 2. The van der Waals surface area contributed by atoms with Crippen LogP contribution in [0.15, 0.2) is 48.5 Å². The van der Waals surface area contributed by atoms with Gasteiger partial charge in [0, 0.05) is 5.56 Å². The lowest BCUT2D eigenvalue weighted by Gasteiger charge is -2.08. The molecule has 3 aromatic rings. The molecule has 0 saturated heterocycles. The monoisotopic (exact) mass is 376 g/mol. The van der Waals surface area contributed by atoms with E-state index in [1.807, 2.05) is 30.3 Å². The summed E-state index contributed by atoms with van der Waals surface area (Å²) in [5, 5.41) is 6.28. The molecule has 9 heteroatoms. The van der Waals surface area contributed by atoms with Gasteiger partial charge in [-0.3, -0.25) is 25.5 Å². The zero-order chi connectivity index (χ0) is 18.7. The number of hydrazine groups is 1. The minimum Gasteiger partial charge on any atom is -0.272 e. The maximum Gasteiger partial charge on any atom is 0.287 e. The van der Waals surface area contributed by atoms with Gasteiger partial charge in [-0.2, -0.15) is 5.10 Å². The summed E-state index contributed by atoms with van der Waals surface area (Å²) < 4.78 is 26.3. The first-order valence-electron chi connectivity index (χ1n) is 7.32. The van der Waals surface area contributed by atoms with Crippen molar-refractivity contribution < 1.29 is 18.4 Å². The Morgan fingerprint density at radius 3 is 2.35 bits per heavy atom. The number of amides is 2. The quantitative estimate of drug-likeness (QED) is 0.485. The molecule has 132 valence electrons. The molecule has 0 bridgehead atoms. The average molecular weight is 377 g/mol. The van der Waals surface area contributed by atoms with Crippen LogP contribution in [0.3, 0.4) is 0 Å². The van der Waals surface area contributed by atoms with Gasteiger partial charge in [-0.05, 0) is 18.2 Å². The van der Waals surface area contributed by atoms with E-state index < -0.39 is 23.4 Å². The number of rotatable bonds is 3. The van der Waals surface area contributed by atoms with Crippen LogP contribution in [0.4, 0.5) is 8.78 Å². The number of nitrogens with zero attached hydrogens (tertiary/aromatic N) is 1. The maximum absolute atomic E-state index is 13.2. The lowest BCUT2D eigenvalue weighted by atomic mass is 10.1. The van der Waals surface area contributed by atoms with Crippen molar-refractivity contribution in [3.05, 3.63) is 76.4 Å². The number of H-pyrrole nitrogens is 1. The molecule has 3 rings (SSSR count). The summed E-state index contributed by atoms with van der Waals surface area (Å²) in [5.41, 5.74) is 5.34. The first-order chi connectivity index (χ1) is 12.5. The molecule has 6 nitrogen and oxygen atoms in total. The van der Waals surface area contributed by atoms with Crippen LogP contribution in [-0.4, -0.2) is 22.0 Å². The average Bonchev–Trinajstić information content (AvgIpc) is 3.13. The largest absolute Gasteiger partial charge is 0.287 e. The molecule has 0 unspecified atom stereocenters. The summed E-state index contributed by atoms with van der Waals surface area (Å²) in [4.78, 5) is 24.0. The van der Waals surface area contributed by atoms with E-state index in [-0.39, 0.29) is 16.3 Å². The van der Waals surface area contributed by atoms with Crippen molar-refractivity contribution in [2.24, 2.45) is 0 Å². The molecule has 0 aliphatic rings. The molecule has 1 heterocycles. The molecular formula is C17H11ClF2N4O2. The summed E-state index contributed by atoms with van der Waals surface area (Å²) in [5.74, 6) is -3.98. The van der Waals surface area contributed by atoms with Crippen LogP contribution in [0.5, 0.6) is 0 Å². The predicted octanol–water partition coefficient (Wildman–Crippen LogP) is 3.08. The zero-order valence-corrected chi connectivity index (χ0v) is 13.8. The highest BCUT2D eigenvalue weighted by Crippen LogP contribution is 2.20. The topological polar surface area (TPSA) is 86.9 Å². The number of hydrogen-bond acceptors (Lipinski definition) is 3. The van der Waals surface area contributed by atoms with Gasteiger partial charge >= 0.3 is 0 Å². The van der Waals surface area contributed by atoms with Gasteiger partial charge in [0.2, 0.25) is 0 Å².